The van der Waals surface area contributed by atoms with E-state index in [0.29, 0.717) is 19.3 Å². The van der Waals surface area contributed by atoms with Crippen LogP contribution in [-0.2, 0) is 28.8 Å². The maximum atomic E-state index is 14.2. The normalized spacial score (nSPS) is 50.7. The molecule has 160 valence electrons. The Hall–Kier alpha value is -0.940. The molecule has 5 rings (SSSR count). The van der Waals surface area contributed by atoms with Crippen molar-refractivity contribution in [3.63, 3.8) is 0 Å². The van der Waals surface area contributed by atoms with Gasteiger partial charge in [-0.25, -0.2) is 14.6 Å². The van der Waals surface area contributed by atoms with Crippen molar-refractivity contribution in [1.82, 2.24) is 0 Å². The Kier molecular flexibility index (Phi) is 4.56. The largest absolute Gasteiger partial charge is 0.480 e. The Morgan fingerprint density at radius 1 is 1.14 bits per heavy atom. The number of rotatable bonds is 3. The molecular weight excluding hydrogens is 385 g/mol. The molecule has 0 aromatic rings. The molecule has 1 saturated carbocycles. The van der Waals surface area contributed by atoms with Gasteiger partial charge >= 0.3 is 12.1 Å². The quantitative estimate of drug-likeness (QED) is 0.715. The van der Waals surface area contributed by atoms with Crippen LogP contribution < -0.4 is 0 Å². The lowest BCUT2D eigenvalue weighted by atomic mass is 9.57. The molecule has 28 heavy (non-hydrogen) atoms. The fourth-order valence-electron chi connectivity index (χ4n) is 5.66. The van der Waals surface area contributed by atoms with Crippen molar-refractivity contribution in [3.05, 3.63) is 0 Å². The minimum absolute atomic E-state index is 0.103. The maximum absolute atomic E-state index is 14.2. The molecule has 7 nitrogen and oxygen atoms in total. The van der Waals surface area contributed by atoms with Gasteiger partial charge in [0.15, 0.2) is 11.9 Å². The summed E-state index contributed by atoms with van der Waals surface area (Å²) in [7, 11) is 0. The van der Waals surface area contributed by atoms with Crippen LogP contribution in [0, 0.1) is 23.7 Å². The third-order valence-corrected chi connectivity index (χ3v) is 7.07. The lowest BCUT2D eigenvalue weighted by Gasteiger charge is -2.62. The van der Waals surface area contributed by atoms with Crippen molar-refractivity contribution in [2.75, 3.05) is 6.61 Å². The highest BCUT2D eigenvalue weighted by atomic mass is 19.4. The Labute approximate surface area is 160 Å². The SMILES string of the molecule is C[C@@H]1CCC2[C@@H](C)[C@](OCC(=O)O)(C(F)(F)F)O[C@@H]3O[C@]4(C)CC[C@@H]1[C@@]23OO4. The molecular formula is C18H25F3O7. The zero-order valence-corrected chi connectivity index (χ0v) is 16.0. The van der Waals surface area contributed by atoms with Crippen LogP contribution in [0.5, 0.6) is 0 Å². The van der Waals surface area contributed by atoms with Crippen LogP contribution in [0.15, 0.2) is 0 Å². The molecule has 5 aliphatic rings. The lowest BCUT2D eigenvalue weighted by molar-refractivity contribution is -0.598. The summed E-state index contributed by atoms with van der Waals surface area (Å²) in [6.07, 6.45) is -4.04. The molecule has 0 aromatic carbocycles. The number of hydrogen-bond acceptors (Lipinski definition) is 6. The molecule has 1 aliphatic carbocycles. The van der Waals surface area contributed by atoms with Crippen molar-refractivity contribution in [2.45, 2.75) is 76.1 Å². The average Bonchev–Trinajstić information content (AvgIpc) is 2.82. The summed E-state index contributed by atoms with van der Waals surface area (Å²) in [4.78, 5) is 22.3. The van der Waals surface area contributed by atoms with Crippen molar-refractivity contribution >= 4 is 5.97 Å². The summed E-state index contributed by atoms with van der Waals surface area (Å²) < 4.78 is 59.0. The number of alkyl halides is 3. The summed E-state index contributed by atoms with van der Waals surface area (Å²) in [5.74, 6) is -7.60. The fraction of sp³-hybridized carbons (Fsp3) is 0.944. The van der Waals surface area contributed by atoms with E-state index in [2.05, 4.69) is 0 Å². The van der Waals surface area contributed by atoms with E-state index in [1.54, 1.807) is 6.92 Å². The van der Waals surface area contributed by atoms with Crippen molar-refractivity contribution < 1.29 is 47.1 Å². The van der Waals surface area contributed by atoms with Crippen LogP contribution in [0.1, 0.15) is 46.5 Å². The van der Waals surface area contributed by atoms with E-state index in [0.717, 1.165) is 6.42 Å². The number of carboxylic acid groups (broad SMARTS) is 1. The summed E-state index contributed by atoms with van der Waals surface area (Å²) in [6.45, 7) is 3.89. The number of hydrogen-bond donors (Lipinski definition) is 1. The first kappa shape index (κ1) is 20.3. The Morgan fingerprint density at radius 2 is 1.86 bits per heavy atom. The molecule has 1 N–H and O–H groups in total. The van der Waals surface area contributed by atoms with Crippen LogP contribution >= 0.6 is 0 Å². The van der Waals surface area contributed by atoms with Gasteiger partial charge in [0.25, 0.3) is 5.79 Å². The van der Waals surface area contributed by atoms with Crippen molar-refractivity contribution in [1.29, 1.82) is 0 Å². The van der Waals surface area contributed by atoms with Crippen LogP contribution in [-0.4, -0.2) is 47.3 Å². The number of ether oxygens (including phenoxy) is 3. The lowest BCUT2D eigenvalue weighted by Crippen LogP contribution is -2.76. The van der Waals surface area contributed by atoms with Gasteiger partial charge in [-0.3, -0.25) is 0 Å². The van der Waals surface area contributed by atoms with E-state index in [-0.39, 0.29) is 11.8 Å². The highest BCUT2D eigenvalue weighted by molar-refractivity contribution is 5.68. The first-order chi connectivity index (χ1) is 13.0. The van der Waals surface area contributed by atoms with Gasteiger partial charge in [-0.1, -0.05) is 13.8 Å². The second kappa shape index (κ2) is 6.28. The molecule has 1 spiro atoms. The second-order valence-corrected chi connectivity index (χ2v) is 8.66. The van der Waals surface area contributed by atoms with E-state index in [1.165, 1.54) is 6.92 Å². The van der Waals surface area contributed by atoms with Gasteiger partial charge in [0.2, 0.25) is 5.79 Å². The number of halogens is 3. The molecule has 1 unspecified atom stereocenters. The van der Waals surface area contributed by atoms with Crippen molar-refractivity contribution in [2.24, 2.45) is 23.7 Å². The first-order valence-electron chi connectivity index (χ1n) is 9.60. The summed E-state index contributed by atoms with van der Waals surface area (Å²) in [5.41, 5.74) is -1.19. The molecule has 4 heterocycles. The molecule has 8 atom stereocenters. The van der Waals surface area contributed by atoms with Gasteiger partial charge < -0.3 is 19.3 Å². The number of carboxylic acids is 1. The standard InChI is InChI=1S/C18H25F3O7/c1-9-4-5-12-10(2)17(18(19,20)21,24-8-13(22)23)26-14-16(12)11(9)6-7-15(3,25-14)27-28-16/h9-12,14H,4-8H2,1-3H3,(H,22,23)/t9-,10-,11+,12?,14+,15+,16-,17-/m1/s1. The molecule has 0 aromatic heterocycles. The minimum atomic E-state index is -4.96. The predicted octanol–water partition coefficient (Wildman–Crippen LogP) is 3.23. The van der Waals surface area contributed by atoms with Gasteiger partial charge in [0, 0.05) is 18.3 Å². The fourth-order valence-corrected chi connectivity index (χ4v) is 5.66. The van der Waals surface area contributed by atoms with E-state index < -0.39 is 54.1 Å². The van der Waals surface area contributed by atoms with Gasteiger partial charge in [-0.15, -0.1) is 0 Å². The van der Waals surface area contributed by atoms with Crippen LogP contribution in [0.2, 0.25) is 0 Å². The number of fused-ring (bicyclic) bond motifs is 2. The van der Waals surface area contributed by atoms with Gasteiger partial charge in [0.05, 0.1) is 0 Å². The first-order valence-corrected chi connectivity index (χ1v) is 9.60. The molecule has 4 saturated heterocycles. The minimum Gasteiger partial charge on any atom is -0.480 e. The monoisotopic (exact) mass is 410 g/mol. The zero-order valence-electron chi connectivity index (χ0n) is 16.0. The zero-order chi connectivity index (χ0) is 20.5. The Morgan fingerprint density at radius 3 is 2.50 bits per heavy atom. The molecule has 5 fully saturated rings. The molecule has 0 amide bonds. The third kappa shape index (κ3) is 2.64. The average molecular weight is 410 g/mol. The summed E-state index contributed by atoms with van der Waals surface area (Å²) in [5, 5.41) is 8.92. The van der Waals surface area contributed by atoms with E-state index in [9.17, 15) is 18.0 Å². The molecule has 2 bridgehead atoms. The summed E-state index contributed by atoms with van der Waals surface area (Å²) in [6, 6.07) is 0. The Bertz CT molecular complexity index is 658. The van der Waals surface area contributed by atoms with E-state index in [4.69, 9.17) is 29.1 Å². The van der Waals surface area contributed by atoms with Gasteiger partial charge in [-0.05, 0) is 38.0 Å². The van der Waals surface area contributed by atoms with E-state index >= 15 is 0 Å². The molecule has 0 radical (unpaired) electrons. The highest BCUT2D eigenvalue weighted by Crippen LogP contribution is 2.64. The second-order valence-electron chi connectivity index (χ2n) is 8.66. The van der Waals surface area contributed by atoms with Crippen LogP contribution in [0.3, 0.4) is 0 Å². The Balaban J connectivity index is 1.81. The van der Waals surface area contributed by atoms with Crippen molar-refractivity contribution in [3.8, 4) is 0 Å². The summed E-state index contributed by atoms with van der Waals surface area (Å²) >= 11 is 0. The number of carbonyl (C=O) groups is 1. The molecule has 4 aliphatic heterocycles. The topological polar surface area (TPSA) is 83.5 Å². The highest BCUT2D eigenvalue weighted by Gasteiger charge is 2.77. The molecule has 10 heteroatoms. The predicted molar refractivity (Wildman–Crippen MR) is 85.4 cm³/mol. The third-order valence-electron chi connectivity index (χ3n) is 7.07. The van der Waals surface area contributed by atoms with Gasteiger partial charge in [-0.2, -0.15) is 13.2 Å². The number of aliphatic carboxylic acids is 1. The van der Waals surface area contributed by atoms with E-state index in [1.807, 2.05) is 6.92 Å². The van der Waals surface area contributed by atoms with Crippen LogP contribution in [0.4, 0.5) is 13.2 Å². The smallest absolute Gasteiger partial charge is 0.443 e. The maximum Gasteiger partial charge on any atom is 0.443 e. The van der Waals surface area contributed by atoms with Gasteiger partial charge in [0.1, 0.15) is 6.61 Å². The van der Waals surface area contributed by atoms with Crippen LogP contribution in [0.25, 0.3) is 0 Å².